The largest absolute Gasteiger partial charge is 0.466 e. The van der Waals surface area contributed by atoms with Crippen LogP contribution in [0.5, 0.6) is 0 Å². The zero-order valence-corrected chi connectivity index (χ0v) is 16.4. The van der Waals surface area contributed by atoms with Crippen LogP contribution in [0.3, 0.4) is 0 Å². The Balaban J connectivity index is 1.69. The molecule has 2 fully saturated rings. The number of carbonyl (C=O) groups is 3. The Hall–Kier alpha value is -2.28. The highest BCUT2D eigenvalue weighted by atomic mass is 35.5. The number of hydrogen-bond acceptors (Lipinski definition) is 5. The number of amides is 2. The smallest absolute Gasteiger partial charge is 0.311 e. The van der Waals surface area contributed by atoms with Crippen LogP contribution in [0.25, 0.3) is 0 Å². The topological polar surface area (TPSA) is 70.2 Å². The molecule has 7 nitrogen and oxygen atoms in total. The molecule has 2 aliphatic rings. The average Bonchev–Trinajstić information content (AvgIpc) is 3.04. The van der Waals surface area contributed by atoms with Crippen molar-refractivity contribution in [1.82, 2.24) is 4.90 Å². The van der Waals surface area contributed by atoms with E-state index in [2.05, 4.69) is 4.90 Å². The minimum Gasteiger partial charge on any atom is -0.466 e. The van der Waals surface area contributed by atoms with Crippen molar-refractivity contribution in [1.29, 1.82) is 0 Å². The molecule has 2 saturated heterocycles. The quantitative estimate of drug-likeness (QED) is 0.731. The van der Waals surface area contributed by atoms with Gasteiger partial charge in [0.05, 0.1) is 23.2 Å². The number of nitrogens with zero attached hydrogens (tertiary/aromatic N) is 3. The predicted molar refractivity (Wildman–Crippen MR) is 103 cm³/mol. The monoisotopic (exact) mass is 393 g/mol. The van der Waals surface area contributed by atoms with Gasteiger partial charge in [0.15, 0.2) is 0 Å². The van der Waals surface area contributed by atoms with Crippen LogP contribution in [-0.2, 0) is 19.1 Å². The van der Waals surface area contributed by atoms with Gasteiger partial charge in [-0.2, -0.15) is 0 Å². The highest BCUT2D eigenvalue weighted by Gasteiger charge is 2.36. The molecule has 2 heterocycles. The molecule has 0 aromatic heterocycles. The van der Waals surface area contributed by atoms with Gasteiger partial charge in [0.25, 0.3) is 0 Å². The van der Waals surface area contributed by atoms with Crippen LogP contribution in [0.4, 0.5) is 11.4 Å². The Kier molecular flexibility index (Phi) is 5.89. The van der Waals surface area contributed by atoms with Crippen molar-refractivity contribution >= 4 is 40.8 Å². The molecule has 0 bridgehead atoms. The maximum atomic E-state index is 12.3. The number of rotatable bonds is 4. The summed E-state index contributed by atoms with van der Waals surface area (Å²) in [4.78, 5) is 41.2. The third-order valence-electron chi connectivity index (χ3n) is 5.05. The van der Waals surface area contributed by atoms with E-state index >= 15 is 0 Å². The summed E-state index contributed by atoms with van der Waals surface area (Å²) in [6, 6.07) is 5.51. The summed E-state index contributed by atoms with van der Waals surface area (Å²) in [7, 11) is 0. The molecular weight excluding hydrogens is 370 g/mol. The first-order chi connectivity index (χ1) is 12.9. The van der Waals surface area contributed by atoms with Gasteiger partial charge in [-0.1, -0.05) is 11.6 Å². The van der Waals surface area contributed by atoms with E-state index in [0.29, 0.717) is 50.0 Å². The Labute approximate surface area is 163 Å². The lowest BCUT2D eigenvalue weighted by Crippen LogP contribution is -2.48. The van der Waals surface area contributed by atoms with Crippen LogP contribution in [0, 0.1) is 5.92 Å². The van der Waals surface area contributed by atoms with E-state index in [0.717, 1.165) is 5.69 Å². The summed E-state index contributed by atoms with van der Waals surface area (Å²) in [6.07, 6.45) is 0.158. The molecule has 0 spiro atoms. The summed E-state index contributed by atoms with van der Waals surface area (Å²) in [5, 5.41) is 0.552. The van der Waals surface area contributed by atoms with Gasteiger partial charge in [-0.25, -0.2) is 0 Å². The van der Waals surface area contributed by atoms with Crippen LogP contribution >= 0.6 is 11.6 Å². The normalized spacial score (nSPS) is 20.2. The molecule has 1 aromatic rings. The minimum absolute atomic E-state index is 0.0831. The summed E-state index contributed by atoms with van der Waals surface area (Å²) >= 11 is 6.48. The van der Waals surface area contributed by atoms with E-state index in [1.165, 1.54) is 0 Å². The van der Waals surface area contributed by atoms with Gasteiger partial charge >= 0.3 is 5.97 Å². The van der Waals surface area contributed by atoms with E-state index < -0.39 is 5.92 Å². The van der Waals surface area contributed by atoms with Crippen molar-refractivity contribution in [3.8, 4) is 0 Å². The SMILES string of the molecule is CCOC(=O)[C@@H]1CC(=O)N(c2ccc(N3CCN(C(C)=O)CC3)c(Cl)c2)C1. The second-order valence-corrected chi connectivity index (χ2v) is 7.19. The molecule has 1 atom stereocenters. The number of halogens is 1. The van der Waals surface area contributed by atoms with Crippen molar-refractivity contribution < 1.29 is 19.1 Å². The van der Waals surface area contributed by atoms with Crippen LogP contribution in [0.1, 0.15) is 20.3 Å². The standard InChI is InChI=1S/C19H24ClN3O4/c1-3-27-19(26)14-10-18(25)23(12-14)15-4-5-17(16(20)11-15)22-8-6-21(7-9-22)13(2)24/h4-5,11,14H,3,6-10,12H2,1-2H3/t14-/m1/s1. The maximum absolute atomic E-state index is 12.3. The van der Waals surface area contributed by atoms with Gasteiger partial charge in [0, 0.05) is 51.8 Å². The first-order valence-corrected chi connectivity index (χ1v) is 9.55. The Morgan fingerprint density at radius 2 is 1.93 bits per heavy atom. The maximum Gasteiger partial charge on any atom is 0.311 e. The molecule has 27 heavy (non-hydrogen) atoms. The number of hydrogen-bond donors (Lipinski definition) is 0. The summed E-state index contributed by atoms with van der Waals surface area (Å²) in [6.45, 7) is 6.71. The minimum atomic E-state index is -0.435. The van der Waals surface area contributed by atoms with Crippen LogP contribution in [-0.4, -0.2) is 62.0 Å². The number of benzene rings is 1. The number of esters is 1. The second-order valence-electron chi connectivity index (χ2n) is 6.79. The lowest BCUT2D eigenvalue weighted by Gasteiger charge is -2.36. The Bertz CT molecular complexity index is 746. The van der Waals surface area contributed by atoms with Crippen LogP contribution < -0.4 is 9.80 Å². The van der Waals surface area contributed by atoms with Crippen LogP contribution in [0.15, 0.2) is 18.2 Å². The zero-order chi connectivity index (χ0) is 19.6. The molecule has 146 valence electrons. The number of carbonyl (C=O) groups excluding carboxylic acids is 3. The second kappa shape index (κ2) is 8.17. The third-order valence-corrected chi connectivity index (χ3v) is 5.36. The molecule has 0 saturated carbocycles. The highest BCUT2D eigenvalue weighted by Crippen LogP contribution is 2.33. The average molecular weight is 394 g/mol. The molecule has 0 unspecified atom stereocenters. The molecule has 0 aliphatic carbocycles. The number of anilines is 2. The van der Waals surface area contributed by atoms with E-state index in [1.807, 2.05) is 17.0 Å². The van der Waals surface area contributed by atoms with Crippen molar-refractivity contribution in [2.45, 2.75) is 20.3 Å². The fraction of sp³-hybridized carbons (Fsp3) is 0.526. The van der Waals surface area contributed by atoms with Crippen molar-refractivity contribution in [3.05, 3.63) is 23.2 Å². The van der Waals surface area contributed by atoms with Gasteiger partial charge < -0.3 is 19.4 Å². The van der Waals surface area contributed by atoms with Crippen molar-refractivity contribution in [2.24, 2.45) is 5.92 Å². The molecule has 3 rings (SSSR count). The molecule has 1 aromatic carbocycles. The fourth-order valence-corrected chi connectivity index (χ4v) is 3.85. The molecule has 0 radical (unpaired) electrons. The first kappa shape index (κ1) is 19.5. The number of piperazine rings is 1. The van der Waals surface area contributed by atoms with Gasteiger partial charge in [-0.05, 0) is 25.1 Å². The number of ether oxygens (including phenoxy) is 1. The van der Waals surface area contributed by atoms with Crippen molar-refractivity contribution in [2.75, 3.05) is 49.1 Å². The summed E-state index contributed by atoms with van der Waals surface area (Å²) in [5.74, 6) is -0.790. The Morgan fingerprint density at radius 1 is 1.22 bits per heavy atom. The summed E-state index contributed by atoms with van der Waals surface area (Å²) in [5.41, 5.74) is 1.57. The highest BCUT2D eigenvalue weighted by molar-refractivity contribution is 6.33. The molecule has 8 heteroatoms. The lowest BCUT2D eigenvalue weighted by molar-refractivity contribution is -0.147. The van der Waals surface area contributed by atoms with E-state index in [-0.39, 0.29) is 24.2 Å². The van der Waals surface area contributed by atoms with E-state index in [9.17, 15) is 14.4 Å². The van der Waals surface area contributed by atoms with Gasteiger partial charge in [0.2, 0.25) is 11.8 Å². The molecular formula is C19H24ClN3O4. The first-order valence-electron chi connectivity index (χ1n) is 9.17. The van der Waals surface area contributed by atoms with Gasteiger partial charge in [-0.15, -0.1) is 0 Å². The zero-order valence-electron chi connectivity index (χ0n) is 15.6. The predicted octanol–water partition coefficient (Wildman–Crippen LogP) is 1.92. The summed E-state index contributed by atoms with van der Waals surface area (Å²) < 4.78 is 5.03. The lowest BCUT2D eigenvalue weighted by atomic mass is 10.1. The molecule has 0 N–H and O–H groups in total. The van der Waals surface area contributed by atoms with E-state index in [4.69, 9.17) is 16.3 Å². The molecule has 2 amide bonds. The van der Waals surface area contributed by atoms with Gasteiger partial charge in [-0.3, -0.25) is 14.4 Å². The molecule has 2 aliphatic heterocycles. The van der Waals surface area contributed by atoms with Gasteiger partial charge in [0.1, 0.15) is 0 Å². The van der Waals surface area contributed by atoms with Crippen molar-refractivity contribution in [3.63, 3.8) is 0 Å². The third kappa shape index (κ3) is 4.18. The Morgan fingerprint density at radius 3 is 2.52 bits per heavy atom. The fourth-order valence-electron chi connectivity index (χ4n) is 3.56. The van der Waals surface area contributed by atoms with E-state index in [1.54, 1.807) is 24.8 Å². The van der Waals surface area contributed by atoms with Crippen LogP contribution in [0.2, 0.25) is 5.02 Å².